The third-order valence-corrected chi connectivity index (χ3v) is 6.40. The Bertz CT molecular complexity index is 1210. The van der Waals surface area contributed by atoms with Crippen LogP contribution < -0.4 is 10.1 Å². The van der Waals surface area contributed by atoms with Crippen LogP contribution in [0.25, 0.3) is 5.70 Å². The second-order valence-corrected chi connectivity index (χ2v) is 8.95. The Morgan fingerprint density at radius 1 is 1.16 bits per heavy atom. The number of nitrogens with one attached hydrogen (secondary N) is 1. The van der Waals surface area contributed by atoms with Crippen LogP contribution >= 0.6 is 0 Å². The summed E-state index contributed by atoms with van der Waals surface area (Å²) in [4.78, 5) is 17.9. The van der Waals surface area contributed by atoms with Crippen LogP contribution in [0.5, 0.6) is 5.75 Å². The van der Waals surface area contributed by atoms with E-state index in [2.05, 4.69) is 52.0 Å². The van der Waals surface area contributed by atoms with Gasteiger partial charge in [0.2, 0.25) is 0 Å². The number of nitrogens with zero attached hydrogens (tertiary/aromatic N) is 4. The molecule has 2 aromatic carbocycles. The number of aryl methyl sites for hydroxylation is 1. The molecule has 1 aliphatic heterocycles. The zero-order valence-electron chi connectivity index (χ0n) is 22.8. The van der Waals surface area contributed by atoms with Gasteiger partial charge in [0.25, 0.3) is 5.91 Å². The summed E-state index contributed by atoms with van der Waals surface area (Å²) in [5, 5.41) is 7.64. The molecule has 1 aromatic heterocycles. The molecule has 1 N–H and O–H groups in total. The van der Waals surface area contributed by atoms with Crippen molar-refractivity contribution in [2.45, 2.75) is 19.9 Å². The van der Waals surface area contributed by atoms with Crippen LogP contribution in [0.4, 0.5) is 5.69 Å². The monoisotopic (exact) mass is 737 g/mol. The molecule has 2 heterocycles. The minimum atomic E-state index is -0.241. The van der Waals surface area contributed by atoms with E-state index in [9.17, 15) is 4.79 Å². The van der Waals surface area contributed by atoms with Gasteiger partial charge in [-0.2, -0.15) is 17.2 Å². The van der Waals surface area contributed by atoms with Crippen LogP contribution in [0.15, 0.2) is 67.3 Å². The average molecular weight is 738 g/mol. The second kappa shape index (κ2) is 15.1. The van der Waals surface area contributed by atoms with Gasteiger partial charge >= 0.3 is 31.1 Å². The number of anilines is 1. The summed E-state index contributed by atoms with van der Waals surface area (Å²) in [6, 6.07) is 18.6. The minimum absolute atomic E-state index is 0. The topological polar surface area (TPSA) is 62.6 Å². The number of piperazine rings is 1. The van der Waals surface area contributed by atoms with Crippen LogP contribution in [0.2, 0.25) is 0 Å². The molecule has 198 valence electrons. The molecule has 1 saturated heterocycles. The van der Waals surface area contributed by atoms with Crippen LogP contribution in [0, 0.1) is 44.6 Å². The molecule has 3 aromatic rings. The Morgan fingerprint density at radius 2 is 1.87 bits per heavy atom. The van der Waals surface area contributed by atoms with Gasteiger partial charge in [0.05, 0.1) is 7.11 Å². The van der Waals surface area contributed by atoms with Crippen LogP contribution in [-0.2, 0) is 13.0 Å². The van der Waals surface area contributed by atoms with Crippen LogP contribution in [0.3, 0.4) is 0 Å². The fourth-order valence-corrected chi connectivity index (χ4v) is 4.24. The Morgan fingerprint density at radius 3 is 2.45 bits per heavy atom. The summed E-state index contributed by atoms with van der Waals surface area (Å²) >= 11 is 0. The summed E-state index contributed by atoms with van der Waals surface area (Å²) in [5.41, 5.74) is 4.99. The van der Waals surface area contributed by atoms with E-state index in [1.54, 1.807) is 17.9 Å². The van der Waals surface area contributed by atoms with Gasteiger partial charge in [-0.3, -0.25) is 9.69 Å². The van der Waals surface area contributed by atoms with Gasteiger partial charge in [-0.15, -0.1) is 17.7 Å². The SMILES string of the molecule is C=C/C=C(/c1c[c-]c(OC)cc1)n1nc(C(=O)Nc2ccc(CN3CCN(C)CC3)cc2)cc1CC.[CH3-].[U+2]. The van der Waals surface area contributed by atoms with Crippen LogP contribution in [0.1, 0.15) is 34.2 Å². The second-order valence-electron chi connectivity index (χ2n) is 8.95. The number of carbonyl (C=O) groups is 1. The van der Waals surface area contributed by atoms with Crippen molar-refractivity contribution in [3.8, 4) is 5.75 Å². The zero-order chi connectivity index (χ0) is 25.5. The van der Waals surface area contributed by atoms with Gasteiger partial charge in [0, 0.05) is 55.6 Å². The molecule has 4 rings (SSSR count). The first-order chi connectivity index (χ1) is 17.5. The third kappa shape index (κ3) is 7.94. The standard InChI is InChI=1S/C29H34N5O2.CH3.U/c1-5-7-28(23-10-14-26(36-4)15-11-23)34-25(6-2)20-27(31-34)29(35)30-24-12-8-22(9-13-24)21-33-18-16-32(3)17-19-33;;/h5,7-14,20H,1,6,16-19,21H2,2-4H3,(H,30,35);1H3;/q2*-1;+2/b28-7-;;. The number of hydrogen-bond donors (Lipinski definition) is 1. The van der Waals surface area contributed by atoms with E-state index in [0.29, 0.717) is 11.4 Å². The van der Waals surface area contributed by atoms with Crippen molar-refractivity contribution < 1.29 is 40.6 Å². The molecule has 1 aliphatic rings. The summed E-state index contributed by atoms with van der Waals surface area (Å²) < 4.78 is 7.02. The van der Waals surface area contributed by atoms with Gasteiger partial charge in [0.1, 0.15) is 0 Å². The molecular formula is C30H37N5O2U. The van der Waals surface area contributed by atoms with E-state index in [-0.39, 0.29) is 44.4 Å². The largest absolute Gasteiger partial charge is 2.00 e. The van der Waals surface area contributed by atoms with Crippen molar-refractivity contribution in [3.63, 3.8) is 0 Å². The van der Waals surface area contributed by atoms with Crippen molar-refractivity contribution in [2.24, 2.45) is 0 Å². The number of allylic oxidation sites excluding steroid dienone is 2. The Labute approximate surface area is 250 Å². The molecule has 38 heavy (non-hydrogen) atoms. The van der Waals surface area contributed by atoms with Gasteiger partial charge < -0.3 is 22.4 Å². The molecule has 8 heteroatoms. The first kappa shape index (κ1) is 31.6. The molecule has 0 radical (unpaired) electrons. The number of amides is 1. The van der Waals surface area contributed by atoms with E-state index in [0.717, 1.165) is 61.8 Å². The van der Waals surface area contributed by atoms with E-state index in [1.807, 2.05) is 49.4 Å². The minimum Gasteiger partial charge on any atom is -0.523 e. The van der Waals surface area contributed by atoms with E-state index < -0.39 is 0 Å². The number of hydrogen-bond acceptors (Lipinski definition) is 5. The molecule has 1 amide bonds. The van der Waals surface area contributed by atoms with Crippen LogP contribution in [-0.4, -0.2) is 65.8 Å². The average Bonchev–Trinajstić information content (AvgIpc) is 3.34. The zero-order valence-corrected chi connectivity index (χ0v) is 27.0. The Hall–Kier alpha value is -2.63. The Balaban J connectivity index is 0.00000253. The molecule has 0 spiro atoms. The van der Waals surface area contributed by atoms with E-state index in [4.69, 9.17) is 4.74 Å². The van der Waals surface area contributed by atoms with Crippen molar-refractivity contribution >= 4 is 17.3 Å². The molecule has 1 fully saturated rings. The third-order valence-electron chi connectivity index (χ3n) is 6.40. The fourth-order valence-electron chi connectivity index (χ4n) is 4.24. The predicted octanol–water partition coefficient (Wildman–Crippen LogP) is 4.78. The van der Waals surface area contributed by atoms with Crippen molar-refractivity contribution in [2.75, 3.05) is 45.7 Å². The first-order valence-electron chi connectivity index (χ1n) is 12.3. The van der Waals surface area contributed by atoms with Gasteiger partial charge in [-0.1, -0.05) is 31.7 Å². The molecule has 0 aliphatic carbocycles. The number of carbonyl (C=O) groups excluding carboxylic acids is 1. The van der Waals surface area contributed by atoms with Gasteiger partial charge in [-0.25, -0.2) is 4.68 Å². The molecule has 0 unspecified atom stereocenters. The molecule has 0 saturated carbocycles. The first-order valence-corrected chi connectivity index (χ1v) is 12.3. The maximum absolute atomic E-state index is 13.1. The normalized spacial score (nSPS) is 14.2. The summed E-state index contributed by atoms with van der Waals surface area (Å²) in [6.45, 7) is 11.2. The maximum atomic E-state index is 13.1. The van der Waals surface area contributed by atoms with Crippen molar-refractivity contribution in [3.05, 3.63) is 103 Å². The molecule has 0 atom stereocenters. The number of aromatic nitrogens is 2. The van der Waals surface area contributed by atoms with Crippen molar-refractivity contribution in [1.29, 1.82) is 0 Å². The maximum Gasteiger partial charge on any atom is 2.00 e. The fraction of sp³-hybridized carbons (Fsp3) is 0.300. The molecule has 7 nitrogen and oxygen atoms in total. The van der Waals surface area contributed by atoms with E-state index in [1.165, 1.54) is 5.56 Å². The number of benzene rings is 2. The quantitative estimate of drug-likeness (QED) is 0.253. The van der Waals surface area contributed by atoms with E-state index >= 15 is 0 Å². The van der Waals surface area contributed by atoms with Crippen molar-refractivity contribution in [1.82, 2.24) is 19.6 Å². The number of methoxy groups -OCH3 is 1. The number of likely N-dealkylation sites (N-methyl/N-ethyl adjacent to an activating group) is 1. The summed E-state index contributed by atoms with van der Waals surface area (Å²) in [6.07, 6.45) is 4.31. The molecule has 0 bridgehead atoms. The summed E-state index contributed by atoms with van der Waals surface area (Å²) in [7, 11) is 3.77. The molecular weight excluding hydrogens is 700 g/mol. The van der Waals surface area contributed by atoms with Gasteiger partial charge in [-0.05, 0) is 43.3 Å². The number of ether oxygens (including phenoxy) is 1. The number of rotatable bonds is 9. The predicted molar refractivity (Wildman–Crippen MR) is 151 cm³/mol. The Kier molecular flexibility index (Phi) is 12.5. The smallest absolute Gasteiger partial charge is 0.523 e. The summed E-state index contributed by atoms with van der Waals surface area (Å²) in [5.74, 6) is 0.414. The van der Waals surface area contributed by atoms with Gasteiger partial charge in [0.15, 0.2) is 5.69 Å².